The maximum atomic E-state index is 9.94. The molecule has 212 valence electrons. The summed E-state index contributed by atoms with van der Waals surface area (Å²) in [6, 6.07) is 18.8. The number of rotatable bonds is 9. The number of aromatic hydroxyl groups is 1. The van der Waals surface area contributed by atoms with Crippen molar-refractivity contribution < 1.29 is 19.3 Å². The van der Waals surface area contributed by atoms with Gasteiger partial charge in [0.1, 0.15) is 18.1 Å². The van der Waals surface area contributed by atoms with E-state index in [-0.39, 0.29) is 6.79 Å². The second-order valence-corrected chi connectivity index (χ2v) is 11.4. The number of anilines is 1. The lowest BCUT2D eigenvalue weighted by atomic mass is 9.79. The first kappa shape index (κ1) is 26.8. The summed E-state index contributed by atoms with van der Waals surface area (Å²) >= 11 is 0. The van der Waals surface area contributed by atoms with Crippen LogP contribution in [0.1, 0.15) is 67.2 Å². The van der Waals surface area contributed by atoms with Gasteiger partial charge in [0.15, 0.2) is 11.5 Å². The lowest BCUT2D eigenvalue weighted by Crippen LogP contribution is -2.29. The average molecular weight is 543 g/mol. The van der Waals surface area contributed by atoms with Gasteiger partial charge >= 0.3 is 0 Å². The molecule has 6 heteroatoms. The Morgan fingerprint density at radius 3 is 2.48 bits per heavy atom. The van der Waals surface area contributed by atoms with Gasteiger partial charge < -0.3 is 24.2 Å². The molecule has 1 fully saturated rings. The molecule has 40 heavy (non-hydrogen) atoms. The van der Waals surface area contributed by atoms with E-state index in [2.05, 4.69) is 59.2 Å². The zero-order valence-corrected chi connectivity index (χ0v) is 23.7. The molecular weight excluding hydrogens is 500 g/mol. The number of likely N-dealkylation sites (tertiary alicyclic amines) is 1. The summed E-state index contributed by atoms with van der Waals surface area (Å²) in [5.74, 6) is 3.35. The molecule has 3 aromatic carbocycles. The fourth-order valence-corrected chi connectivity index (χ4v) is 6.49. The van der Waals surface area contributed by atoms with E-state index < -0.39 is 0 Å². The number of fused-ring (bicyclic) bond motifs is 2. The Kier molecular flexibility index (Phi) is 8.33. The van der Waals surface area contributed by atoms with E-state index >= 15 is 0 Å². The summed E-state index contributed by atoms with van der Waals surface area (Å²) in [4.78, 5) is 4.98. The van der Waals surface area contributed by atoms with Crippen molar-refractivity contribution in [3.63, 3.8) is 0 Å². The molecule has 1 unspecified atom stereocenters. The third-order valence-corrected chi connectivity index (χ3v) is 8.77. The minimum Gasteiger partial charge on any atom is -0.508 e. The van der Waals surface area contributed by atoms with Crippen LogP contribution in [0.4, 0.5) is 5.69 Å². The van der Waals surface area contributed by atoms with Gasteiger partial charge in [-0.15, -0.1) is 0 Å². The molecule has 2 heterocycles. The van der Waals surface area contributed by atoms with Gasteiger partial charge in [-0.2, -0.15) is 0 Å². The van der Waals surface area contributed by atoms with E-state index in [1.165, 1.54) is 66.7 Å². The standard InChI is InChI=1S/C34H42N2O4/c1-2-36(23-25-7-13-30(14-8-25)38-18-17-35-15-5-3-4-6-16-35)32-22-34-33(39-24-40-34)21-31(32)28-10-9-27-20-29(37)12-11-26(27)19-28/h7-8,11-14,20-22,28,37H,2-6,9-10,15-19,23-24H2,1H3. The zero-order valence-electron chi connectivity index (χ0n) is 23.7. The van der Waals surface area contributed by atoms with Crippen molar-refractivity contribution >= 4 is 5.69 Å². The Labute approximate surface area is 238 Å². The molecule has 3 aromatic rings. The quantitative estimate of drug-likeness (QED) is 0.326. The molecule has 0 spiro atoms. The summed E-state index contributed by atoms with van der Waals surface area (Å²) in [5, 5.41) is 9.94. The van der Waals surface area contributed by atoms with Crippen molar-refractivity contribution in [2.75, 3.05) is 44.5 Å². The van der Waals surface area contributed by atoms with E-state index in [0.717, 1.165) is 62.8 Å². The first-order valence-corrected chi connectivity index (χ1v) is 15.1. The van der Waals surface area contributed by atoms with Gasteiger partial charge in [0.05, 0.1) is 0 Å². The fourth-order valence-electron chi connectivity index (χ4n) is 6.49. The predicted molar refractivity (Wildman–Crippen MR) is 159 cm³/mol. The second kappa shape index (κ2) is 12.4. The molecule has 0 bridgehead atoms. The molecule has 1 saturated heterocycles. The van der Waals surface area contributed by atoms with Crippen molar-refractivity contribution in [3.8, 4) is 23.0 Å². The van der Waals surface area contributed by atoms with E-state index in [0.29, 0.717) is 11.7 Å². The van der Waals surface area contributed by atoms with E-state index in [1.807, 2.05) is 12.1 Å². The molecule has 1 aliphatic carbocycles. The highest BCUT2D eigenvalue weighted by molar-refractivity contribution is 5.64. The van der Waals surface area contributed by atoms with Crippen molar-refractivity contribution in [3.05, 3.63) is 76.9 Å². The lowest BCUT2D eigenvalue weighted by Gasteiger charge is -2.32. The fraction of sp³-hybridized carbons (Fsp3) is 0.471. The van der Waals surface area contributed by atoms with Crippen LogP contribution in [0.25, 0.3) is 0 Å². The first-order chi connectivity index (χ1) is 19.7. The Balaban J connectivity index is 1.15. The van der Waals surface area contributed by atoms with Crippen LogP contribution >= 0.6 is 0 Å². The van der Waals surface area contributed by atoms with Crippen molar-refractivity contribution in [2.24, 2.45) is 0 Å². The van der Waals surface area contributed by atoms with Crippen molar-refractivity contribution in [2.45, 2.75) is 64.3 Å². The number of hydrogen-bond donors (Lipinski definition) is 1. The highest BCUT2D eigenvalue weighted by Gasteiger charge is 2.28. The third-order valence-electron chi connectivity index (χ3n) is 8.77. The van der Waals surface area contributed by atoms with Crippen molar-refractivity contribution in [1.29, 1.82) is 0 Å². The van der Waals surface area contributed by atoms with Gasteiger partial charge in [0, 0.05) is 31.4 Å². The van der Waals surface area contributed by atoms with Gasteiger partial charge in [-0.25, -0.2) is 0 Å². The number of ether oxygens (including phenoxy) is 3. The SMILES string of the molecule is CCN(Cc1ccc(OCCN2CCCCCC2)cc1)c1cc2c(cc1C1CCc3cc(O)ccc3C1)OCO2. The van der Waals surface area contributed by atoms with Crippen LogP contribution in [0, 0.1) is 0 Å². The minimum absolute atomic E-state index is 0.274. The molecule has 0 aromatic heterocycles. The van der Waals surface area contributed by atoms with Crippen LogP contribution in [-0.4, -0.2) is 49.6 Å². The van der Waals surface area contributed by atoms with Gasteiger partial charge in [-0.05, 0) is 111 Å². The zero-order chi connectivity index (χ0) is 27.3. The molecule has 1 N–H and O–H groups in total. The molecule has 0 radical (unpaired) electrons. The third kappa shape index (κ3) is 6.17. The van der Waals surface area contributed by atoms with Crippen LogP contribution in [0.2, 0.25) is 0 Å². The van der Waals surface area contributed by atoms with Gasteiger partial charge in [0.2, 0.25) is 6.79 Å². The van der Waals surface area contributed by atoms with Gasteiger partial charge in [0.25, 0.3) is 0 Å². The van der Waals surface area contributed by atoms with E-state index in [1.54, 1.807) is 0 Å². The van der Waals surface area contributed by atoms with Crippen LogP contribution < -0.4 is 19.1 Å². The summed E-state index contributed by atoms with van der Waals surface area (Å²) in [5.41, 5.74) is 6.39. The topological polar surface area (TPSA) is 54.4 Å². The monoisotopic (exact) mass is 542 g/mol. The number of hydrogen-bond acceptors (Lipinski definition) is 6. The van der Waals surface area contributed by atoms with Crippen LogP contribution in [0.15, 0.2) is 54.6 Å². The molecular formula is C34H42N2O4. The highest BCUT2D eigenvalue weighted by Crippen LogP contribution is 2.45. The van der Waals surface area contributed by atoms with Crippen LogP contribution in [0.3, 0.4) is 0 Å². The van der Waals surface area contributed by atoms with E-state index in [9.17, 15) is 5.11 Å². The van der Waals surface area contributed by atoms with Gasteiger partial charge in [-0.1, -0.05) is 31.0 Å². The maximum Gasteiger partial charge on any atom is 0.231 e. The molecule has 6 rings (SSSR count). The highest BCUT2D eigenvalue weighted by atomic mass is 16.7. The number of nitrogens with zero attached hydrogens (tertiary/aromatic N) is 2. The molecule has 1 atom stereocenters. The summed E-state index contributed by atoms with van der Waals surface area (Å²) in [6.45, 7) is 8.34. The molecule has 6 nitrogen and oxygen atoms in total. The normalized spacial score (nSPS) is 18.7. The van der Waals surface area contributed by atoms with Gasteiger partial charge in [-0.3, -0.25) is 4.90 Å². The predicted octanol–water partition coefficient (Wildman–Crippen LogP) is 6.67. The minimum atomic E-state index is 0.274. The molecule has 3 aliphatic rings. The first-order valence-electron chi connectivity index (χ1n) is 15.1. The molecule has 2 aliphatic heterocycles. The number of aryl methyl sites for hydroxylation is 1. The maximum absolute atomic E-state index is 9.94. The molecule has 0 saturated carbocycles. The average Bonchev–Trinajstić information content (AvgIpc) is 3.29. The summed E-state index contributed by atoms with van der Waals surface area (Å²) in [6.07, 6.45) is 8.32. The van der Waals surface area contributed by atoms with Crippen LogP contribution in [-0.2, 0) is 19.4 Å². The van der Waals surface area contributed by atoms with E-state index in [4.69, 9.17) is 14.2 Å². The Morgan fingerprint density at radius 2 is 1.70 bits per heavy atom. The summed E-state index contributed by atoms with van der Waals surface area (Å²) < 4.78 is 17.7. The number of benzene rings is 3. The second-order valence-electron chi connectivity index (χ2n) is 11.4. The number of phenolic OH excluding ortho intramolecular Hbond substituents is 1. The Morgan fingerprint density at radius 1 is 0.925 bits per heavy atom. The molecule has 0 amide bonds. The summed E-state index contributed by atoms with van der Waals surface area (Å²) in [7, 11) is 0. The lowest BCUT2D eigenvalue weighted by molar-refractivity contribution is 0.174. The smallest absolute Gasteiger partial charge is 0.231 e. The van der Waals surface area contributed by atoms with Crippen LogP contribution in [0.5, 0.6) is 23.0 Å². The Hall–Kier alpha value is -3.38. The number of phenols is 1. The Bertz CT molecular complexity index is 1280. The van der Waals surface area contributed by atoms with Crippen molar-refractivity contribution in [1.82, 2.24) is 4.90 Å². The largest absolute Gasteiger partial charge is 0.508 e.